The summed E-state index contributed by atoms with van der Waals surface area (Å²) in [6.45, 7) is 2.74. The zero-order valence-corrected chi connectivity index (χ0v) is 6.89. The van der Waals surface area contributed by atoms with Crippen molar-refractivity contribution >= 4 is 17.8 Å². The van der Waals surface area contributed by atoms with Gasteiger partial charge in [0, 0.05) is 6.21 Å². The molecule has 0 saturated heterocycles. The lowest BCUT2D eigenvalue weighted by molar-refractivity contribution is 0.329. The molecule has 0 aromatic carbocycles. The molecule has 0 fully saturated rings. The molecule has 0 aromatic rings. The van der Waals surface area contributed by atoms with Crippen LogP contribution in [0.4, 0.5) is 0 Å². The number of aliphatic imine (C=N–C) groups is 1. The van der Waals surface area contributed by atoms with Gasteiger partial charge in [0.25, 0.3) is 0 Å². The maximum atomic E-state index is 5.86. The number of nitrogens with zero attached hydrogens (tertiary/aromatic N) is 2. The van der Waals surface area contributed by atoms with Crippen LogP contribution in [0.5, 0.6) is 0 Å². The van der Waals surface area contributed by atoms with E-state index in [9.17, 15) is 0 Å². The van der Waals surface area contributed by atoms with E-state index in [0.29, 0.717) is 5.16 Å². The number of allylic oxidation sites excluding steroid dienone is 2. The molecule has 0 saturated carbocycles. The highest BCUT2D eigenvalue weighted by Gasteiger charge is 2.18. The van der Waals surface area contributed by atoms with Gasteiger partial charge in [-0.25, -0.2) is 4.99 Å². The lowest BCUT2D eigenvalue weighted by atomic mass is 10.3. The molecule has 0 atom stereocenters. The van der Waals surface area contributed by atoms with E-state index in [2.05, 4.69) is 10.4 Å². The first kappa shape index (κ1) is 6.73. The molecule has 2 heterocycles. The van der Waals surface area contributed by atoms with Crippen molar-refractivity contribution < 1.29 is 0 Å². The molecule has 3 nitrogen and oxygen atoms in total. The standard InChI is InChI=1S/C7H8ClN3/c1-5-4-6-9-2-3-11(6)10-7(5)8/h2,4,10H,3H2,1H3. The topological polar surface area (TPSA) is 27.6 Å². The summed E-state index contributed by atoms with van der Waals surface area (Å²) in [5, 5.41) is 2.58. The third-order valence-electron chi connectivity index (χ3n) is 1.69. The van der Waals surface area contributed by atoms with E-state index in [1.807, 2.05) is 24.2 Å². The Balaban J connectivity index is 2.36. The number of hydrazine groups is 1. The van der Waals surface area contributed by atoms with Crippen molar-refractivity contribution in [1.29, 1.82) is 0 Å². The van der Waals surface area contributed by atoms with Crippen molar-refractivity contribution in [3.8, 4) is 0 Å². The molecule has 1 N–H and O–H groups in total. The molecule has 2 aliphatic rings. The molecule has 0 bridgehead atoms. The Morgan fingerprint density at radius 1 is 1.73 bits per heavy atom. The van der Waals surface area contributed by atoms with Gasteiger partial charge in [-0.3, -0.25) is 10.4 Å². The summed E-state index contributed by atoms with van der Waals surface area (Å²) in [5.41, 5.74) is 4.04. The first-order valence-corrected chi connectivity index (χ1v) is 3.80. The van der Waals surface area contributed by atoms with Gasteiger partial charge in [0.2, 0.25) is 0 Å². The summed E-state index contributed by atoms with van der Waals surface area (Å²) in [4.78, 5) is 4.15. The minimum absolute atomic E-state index is 0.680. The van der Waals surface area contributed by atoms with Gasteiger partial charge < -0.3 is 0 Å². The molecule has 2 aliphatic heterocycles. The van der Waals surface area contributed by atoms with Gasteiger partial charge in [-0.15, -0.1) is 0 Å². The first-order valence-electron chi connectivity index (χ1n) is 3.42. The molecule has 4 heteroatoms. The third kappa shape index (κ3) is 1.01. The smallest absolute Gasteiger partial charge is 0.147 e. The number of nitrogens with one attached hydrogen (secondary N) is 1. The van der Waals surface area contributed by atoms with Crippen molar-refractivity contribution in [2.45, 2.75) is 6.92 Å². The fraction of sp³-hybridized carbons (Fsp3) is 0.286. The first-order chi connectivity index (χ1) is 5.27. The molecule has 0 unspecified atom stereocenters. The summed E-state index contributed by atoms with van der Waals surface area (Å²) in [6.07, 6.45) is 3.81. The number of hydrogen-bond donors (Lipinski definition) is 1. The Kier molecular flexibility index (Phi) is 1.39. The van der Waals surface area contributed by atoms with Crippen molar-refractivity contribution in [2.75, 3.05) is 6.54 Å². The van der Waals surface area contributed by atoms with E-state index in [-0.39, 0.29) is 0 Å². The van der Waals surface area contributed by atoms with Crippen LogP contribution >= 0.6 is 11.6 Å². The van der Waals surface area contributed by atoms with Gasteiger partial charge in [0.1, 0.15) is 11.0 Å². The Labute approximate surface area is 70.0 Å². The zero-order chi connectivity index (χ0) is 7.84. The zero-order valence-electron chi connectivity index (χ0n) is 6.13. The fourth-order valence-corrected chi connectivity index (χ4v) is 1.22. The van der Waals surface area contributed by atoms with E-state index in [1.165, 1.54) is 0 Å². The van der Waals surface area contributed by atoms with Crippen molar-refractivity contribution in [3.63, 3.8) is 0 Å². The second-order valence-electron chi connectivity index (χ2n) is 2.53. The lowest BCUT2D eigenvalue weighted by Gasteiger charge is -2.24. The Morgan fingerprint density at radius 2 is 2.55 bits per heavy atom. The predicted molar refractivity (Wildman–Crippen MR) is 45.0 cm³/mol. The molecule has 0 aliphatic carbocycles. The van der Waals surface area contributed by atoms with Crippen LogP contribution in [-0.4, -0.2) is 17.8 Å². The van der Waals surface area contributed by atoms with Gasteiger partial charge in [0.05, 0.1) is 6.54 Å². The van der Waals surface area contributed by atoms with Crippen LogP contribution in [0, 0.1) is 0 Å². The van der Waals surface area contributed by atoms with Crippen LogP contribution in [0.2, 0.25) is 0 Å². The molecule has 0 radical (unpaired) electrons. The Hall–Kier alpha value is -0.960. The third-order valence-corrected chi connectivity index (χ3v) is 2.07. The monoisotopic (exact) mass is 169 g/mol. The lowest BCUT2D eigenvalue weighted by Crippen LogP contribution is -2.35. The van der Waals surface area contributed by atoms with Crippen molar-refractivity contribution in [3.05, 3.63) is 22.6 Å². The number of hydrogen-bond acceptors (Lipinski definition) is 3. The summed E-state index contributed by atoms with van der Waals surface area (Å²) in [6, 6.07) is 0. The van der Waals surface area contributed by atoms with Crippen LogP contribution in [0.1, 0.15) is 6.92 Å². The van der Waals surface area contributed by atoms with Gasteiger partial charge >= 0.3 is 0 Å². The van der Waals surface area contributed by atoms with E-state index in [4.69, 9.17) is 11.6 Å². The molecule has 58 valence electrons. The highest BCUT2D eigenvalue weighted by Crippen LogP contribution is 2.20. The molecule has 0 amide bonds. The van der Waals surface area contributed by atoms with E-state index < -0.39 is 0 Å². The van der Waals surface area contributed by atoms with Crippen LogP contribution in [0.25, 0.3) is 0 Å². The minimum atomic E-state index is 0.680. The number of halogens is 1. The van der Waals surface area contributed by atoms with Crippen LogP contribution in [0.15, 0.2) is 27.6 Å². The van der Waals surface area contributed by atoms with E-state index >= 15 is 0 Å². The van der Waals surface area contributed by atoms with Gasteiger partial charge in [-0.1, -0.05) is 11.6 Å². The molecule has 2 rings (SSSR count). The SMILES string of the molecule is CC1=C(Cl)NN2CC=NC2=C1. The largest absolute Gasteiger partial charge is 0.286 e. The van der Waals surface area contributed by atoms with Crippen molar-refractivity contribution in [1.82, 2.24) is 10.4 Å². The molecular weight excluding hydrogens is 162 g/mol. The molecule has 0 spiro atoms. The second kappa shape index (κ2) is 2.27. The summed E-state index contributed by atoms with van der Waals surface area (Å²) in [5.74, 6) is 0.937. The van der Waals surface area contributed by atoms with E-state index in [0.717, 1.165) is 17.9 Å². The molecule has 0 aromatic heterocycles. The molecule has 11 heavy (non-hydrogen) atoms. The maximum Gasteiger partial charge on any atom is 0.147 e. The fourth-order valence-electron chi connectivity index (χ4n) is 1.06. The Bertz CT molecular complexity index is 277. The van der Waals surface area contributed by atoms with Gasteiger partial charge in [0.15, 0.2) is 0 Å². The summed E-state index contributed by atoms with van der Waals surface area (Å²) >= 11 is 5.86. The van der Waals surface area contributed by atoms with Gasteiger partial charge in [-0.2, -0.15) is 0 Å². The second-order valence-corrected chi connectivity index (χ2v) is 2.91. The van der Waals surface area contributed by atoms with Crippen LogP contribution in [0.3, 0.4) is 0 Å². The summed E-state index contributed by atoms with van der Waals surface area (Å²) < 4.78 is 0. The maximum absolute atomic E-state index is 5.86. The average molecular weight is 170 g/mol. The Morgan fingerprint density at radius 3 is 3.36 bits per heavy atom. The highest BCUT2D eigenvalue weighted by atomic mass is 35.5. The predicted octanol–water partition coefficient (Wildman–Crippen LogP) is 1.20. The molecular formula is C7H8ClN3. The number of rotatable bonds is 0. The van der Waals surface area contributed by atoms with Crippen LogP contribution in [-0.2, 0) is 0 Å². The summed E-state index contributed by atoms with van der Waals surface area (Å²) in [7, 11) is 0. The van der Waals surface area contributed by atoms with Gasteiger partial charge in [-0.05, 0) is 18.6 Å². The van der Waals surface area contributed by atoms with E-state index in [1.54, 1.807) is 0 Å². The van der Waals surface area contributed by atoms with Crippen molar-refractivity contribution in [2.24, 2.45) is 4.99 Å². The minimum Gasteiger partial charge on any atom is -0.286 e. The average Bonchev–Trinajstić information content (AvgIpc) is 2.36. The van der Waals surface area contributed by atoms with Crippen LogP contribution < -0.4 is 5.43 Å². The quantitative estimate of drug-likeness (QED) is 0.552. The highest BCUT2D eigenvalue weighted by molar-refractivity contribution is 6.29. The number of fused-ring (bicyclic) bond motifs is 1. The normalized spacial score (nSPS) is 21.6.